The molecule has 0 unspecified atom stereocenters. The Balaban J connectivity index is 0.00000144. The van der Waals surface area contributed by atoms with Crippen LogP contribution < -0.4 is 14.4 Å². The van der Waals surface area contributed by atoms with Gasteiger partial charge in [-0.25, -0.2) is 14.4 Å². The first-order valence-corrected chi connectivity index (χ1v) is 15.8. The van der Waals surface area contributed by atoms with Crippen LogP contribution in [0.3, 0.4) is 0 Å². The van der Waals surface area contributed by atoms with Gasteiger partial charge in [0.1, 0.15) is 17.9 Å². The number of hydrogen-bond donors (Lipinski definition) is 0. The Labute approximate surface area is 238 Å². The molecule has 0 bridgehead atoms. The van der Waals surface area contributed by atoms with Gasteiger partial charge in [0.2, 0.25) is 0 Å². The molecule has 1 aromatic carbocycles. The first kappa shape index (κ1) is 26.9. The number of nitrogens with zero attached hydrogens (tertiary/aromatic N) is 5. The summed E-state index contributed by atoms with van der Waals surface area (Å²) < 4.78 is 27.1. The molecule has 8 nitrogen and oxygen atoms in total. The molecule has 0 N–H and O–H groups in total. The third kappa shape index (κ3) is 5.40. The van der Waals surface area contributed by atoms with Gasteiger partial charge in [0.05, 0.1) is 11.8 Å². The van der Waals surface area contributed by atoms with Gasteiger partial charge in [-0.2, -0.15) is 0 Å². The summed E-state index contributed by atoms with van der Waals surface area (Å²) in [4.78, 5) is 29.1. The molecule has 0 amide bonds. The Morgan fingerprint density at radius 1 is 1.16 bits per heavy atom. The molecule has 2 aromatic heterocycles. The van der Waals surface area contributed by atoms with Crippen molar-refractivity contribution in [3.05, 3.63) is 65.6 Å². The third-order valence-electron chi connectivity index (χ3n) is 7.32. The van der Waals surface area contributed by atoms with Crippen LogP contribution in [-0.4, -0.2) is 81.7 Å². The van der Waals surface area contributed by atoms with Gasteiger partial charge in [0.25, 0.3) is 0 Å². The zero-order chi connectivity index (χ0) is 26.7. The molecule has 1 aliphatic carbocycles. The average molecular weight is 712 g/mol. The van der Waals surface area contributed by atoms with Crippen LogP contribution in [0.1, 0.15) is 48.3 Å². The van der Waals surface area contributed by atoms with Gasteiger partial charge in [0, 0.05) is 0 Å². The van der Waals surface area contributed by atoms with E-state index in [2.05, 4.69) is 24.8 Å². The van der Waals surface area contributed by atoms with Crippen LogP contribution in [0.5, 0.6) is 17.2 Å². The Morgan fingerprint density at radius 2 is 1.97 bits per heavy atom. The van der Waals surface area contributed by atoms with Gasteiger partial charge >= 0.3 is 141 Å². The van der Waals surface area contributed by atoms with Crippen molar-refractivity contribution < 1.29 is 18.7 Å². The number of anilines is 1. The van der Waals surface area contributed by atoms with E-state index in [0.717, 1.165) is 57.3 Å². The van der Waals surface area contributed by atoms with E-state index in [1.807, 2.05) is 26.1 Å². The number of carbonyl (C=O) groups is 1. The second-order valence-electron chi connectivity index (χ2n) is 9.81. The minimum atomic E-state index is -0.489. The topological polar surface area (TPSA) is 80.7 Å². The van der Waals surface area contributed by atoms with Crippen LogP contribution in [-0.2, 0) is 13.0 Å². The number of halogens is 1. The zero-order valence-corrected chi connectivity index (χ0v) is 25.6. The van der Waals surface area contributed by atoms with Crippen LogP contribution in [0.25, 0.3) is 0 Å². The van der Waals surface area contributed by atoms with E-state index in [-0.39, 0.29) is 22.8 Å². The Hall–Kier alpha value is -2.67. The summed E-state index contributed by atoms with van der Waals surface area (Å²) in [7, 11) is 0. The molecule has 3 aliphatic rings. The molecule has 38 heavy (non-hydrogen) atoms. The van der Waals surface area contributed by atoms with Crippen LogP contribution in [0.15, 0.2) is 43.0 Å². The van der Waals surface area contributed by atoms with Crippen LogP contribution in [0.4, 0.5) is 10.2 Å². The molecular weight excluding hydrogens is 681 g/mol. The number of pyridine rings is 1. The van der Waals surface area contributed by atoms with E-state index in [1.54, 1.807) is 6.20 Å². The molecule has 1 spiro atoms. The van der Waals surface area contributed by atoms with Crippen molar-refractivity contribution in [2.75, 3.05) is 28.6 Å². The van der Waals surface area contributed by atoms with Crippen LogP contribution >= 0.6 is 0 Å². The first-order valence-electron chi connectivity index (χ1n) is 13.0. The normalized spacial score (nSPS) is 17.9. The molecule has 3 radical (unpaired) electrons. The van der Waals surface area contributed by atoms with Crippen molar-refractivity contribution >= 4 is 37.9 Å². The number of benzene rings is 1. The fraction of sp³-hybridized carbons (Fsp3) is 0.429. The van der Waals surface area contributed by atoms with E-state index < -0.39 is 5.82 Å². The van der Waals surface area contributed by atoms with Crippen molar-refractivity contribution in [2.24, 2.45) is 5.41 Å². The molecular formula is C28H31FN5O3Pb. The summed E-state index contributed by atoms with van der Waals surface area (Å²) in [6, 6.07) is 5.88. The zero-order valence-electron chi connectivity index (χ0n) is 21.7. The molecule has 197 valence electrons. The summed E-state index contributed by atoms with van der Waals surface area (Å²) in [6.07, 6.45) is 8.72. The van der Waals surface area contributed by atoms with Crippen LogP contribution in [0, 0.1) is 11.2 Å². The first-order chi connectivity index (χ1) is 18.6. The van der Waals surface area contributed by atoms with Crippen molar-refractivity contribution in [2.45, 2.75) is 45.8 Å². The van der Waals surface area contributed by atoms with Crippen LogP contribution in [0.2, 0.25) is 0 Å². The van der Waals surface area contributed by atoms with E-state index in [9.17, 15) is 9.18 Å². The summed E-state index contributed by atoms with van der Waals surface area (Å²) in [5, 5.41) is 0. The predicted molar refractivity (Wildman–Crippen MR) is 143 cm³/mol. The SMILES string of the molecule is CC.O=Cc1cc(F)ccc1Oc1cncnc1N1CC2(CC(Oc3ccnc4c3CN([CH2][Pb])CC4)C2)C1. The third-order valence-corrected chi connectivity index (χ3v) is 9.06. The Kier molecular flexibility index (Phi) is 8.22. The summed E-state index contributed by atoms with van der Waals surface area (Å²) >= 11 is 1.17. The van der Waals surface area contributed by atoms with Gasteiger partial charge in [-0.3, -0.25) is 4.79 Å². The second-order valence-corrected chi connectivity index (χ2v) is 11.0. The van der Waals surface area contributed by atoms with E-state index in [0.29, 0.717) is 17.9 Å². The van der Waals surface area contributed by atoms with E-state index in [1.165, 1.54) is 59.6 Å². The van der Waals surface area contributed by atoms with Gasteiger partial charge < -0.3 is 4.74 Å². The van der Waals surface area contributed by atoms with Gasteiger partial charge in [-0.15, -0.1) is 0 Å². The number of hydrogen-bond acceptors (Lipinski definition) is 8. The average Bonchev–Trinajstić information content (AvgIpc) is 2.91. The molecule has 0 atom stereocenters. The number of carbonyl (C=O) groups excluding carboxylic acids is 1. The summed E-state index contributed by atoms with van der Waals surface area (Å²) in [5.74, 6) is 1.90. The van der Waals surface area contributed by atoms with Crippen molar-refractivity contribution in [3.8, 4) is 17.2 Å². The monoisotopic (exact) mass is 712 g/mol. The van der Waals surface area contributed by atoms with Crippen molar-refractivity contribution in [1.29, 1.82) is 0 Å². The fourth-order valence-corrected chi connectivity index (χ4v) is 6.54. The maximum absolute atomic E-state index is 13.5. The number of ether oxygens (including phenoxy) is 2. The number of aromatic nitrogens is 3. The Bertz CT molecular complexity index is 1300. The summed E-state index contributed by atoms with van der Waals surface area (Å²) in [5.41, 5.74) is 2.79. The number of fused-ring (bicyclic) bond motifs is 1. The standard InChI is InChI=1S/C26H25FN5O3.C2H6.Pb/c1-31-7-5-21-20(12-31)23(4-6-29-21)34-19-9-26(10-19)14-32(15-26)25-24(11-28-16-30-25)35-22-3-2-18(27)8-17(22)13-33;1-2;/h2-4,6,8,11,13,16,19H,1,5,7,9-10,12,14-15H2;1-2H3;. The van der Waals surface area contributed by atoms with Gasteiger partial charge in [-0.1, -0.05) is 13.8 Å². The molecule has 2 aliphatic heterocycles. The molecule has 3 aromatic rings. The molecule has 1 saturated carbocycles. The van der Waals surface area contributed by atoms with E-state index >= 15 is 0 Å². The molecule has 4 heterocycles. The van der Waals surface area contributed by atoms with E-state index in [4.69, 9.17) is 9.47 Å². The van der Waals surface area contributed by atoms with Gasteiger partial charge in [0.15, 0.2) is 12.0 Å². The van der Waals surface area contributed by atoms with Gasteiger partial charge in [-0.05, 0) is 18.2 Å². The summed E-state index contributed by atoms with van der Waals surface area (Å²) in [6.45, 7) is 7.73. The van der Waals surface area contributed by atoms with Crippen molar-refractivity contribution in [1.82, 2.24) is 19.9 Å². The maximum atomic E-state index is 13.5. The molecule has 6 rings (SSSR count). The molecule has 10 heteroatoms. The Morgan fingerprint density at radius 3 is 2.74 bits per heavy atom. The number of aldehydes is 1. The van der Waals surface area contributed by atoms with Crippen molar-refractivity contribution in [3.63, 3.8) is 0 Å². The predicted octanol–water partition coefficient (Wildman–Crippen LogP) is 4.17. The number of rotatable bonds is 7. The minimum absolute atomic E-state index is 0.145. The fourth-order valence-electron chi connectivity index (χ4n) is 5.50. The second kappa shape index (κ2) is 11.6. The molecule has 2 fully saturated rings. The quantitative estimate of drug-likeness (QED) is 0.267. The molecule has 1 saturated heterocycles.